The number of amides is 2. The van der Waals surface area contributed by atoms with E-state index in [1.165, 1.54) is 12.1 Å². The predicted molar refractivity (Wildman–Crippen MR) is 161 cm³/mol. The summed E-state index contributed by atoms with van der Waals surface area (Å²) in [6, 6.07) is 18.2. The van der Waals surface area contributed by atoms with Crippen LogP contribution in [0, 0.1) is 5.82 Å². The lowest BCUT2D eigenvalue weighted by atomic mass is 10.1. The fourth-order valence-electron chi connectivity index (χ4n) is 4.75. The Hall–Kier alpha value is -5.09. The number of halogens is 1. The zero-order valence-electron chi connectivity index (χ0n) is 23.5. The molecule has 2 aromatic carbocycles. The lowest BCUT2D eigenvalue weighted by Gasteiger charge is -2.17. The number of likely N-dealkylation sites (N-methyl/N-ethyl adjacent to an activating group) is 1. The van der Waals surface area contributed by atoms with E-state index in [0.29, 0.717) is 23.4 Å². The first kappa shape index (κ1) is 28.4. The quantitative estimate of drug-likeness (QED) is 0.246. The first-order valence-corrected chi connectivity index (χ1v) is 13.6. The van der Waals surface area contributed by atoms with E-state index in [-0.39, 0.29) is 29.9 Å². The van der Waals surface area contributed by atoms with Crippen molar-refractivity contribution in [3.63, 3.8) is 0 Å². The van der Waals surface area contributed by atoms with E-state index in [0.717, 1.165) is 22.2 Å². The van der Waals surface area contributed by atoms with Crippen molar-refractivity contribution in [3.8, 4) is 16.9 Å². The van der Waals surface area contributed by atoms with E-state index in [2.05, 4.69) is 20.9 Å². The molecular weight excluding hydrogens is 535 g/mol. The Labute approximate surface area is 242 Å². The van der Waals surface area contributed by atoms with Crippen molar-refractivity contribution in [3.05, 3.63) is 113 Å². The molecule has 0 aliphatic carbocycles. The number of carbonyl (C=O) groups excluding carboxylic acids is 2. The number of carbonyl (C=O) groups is 2. The molecule has 10 heteroatoms. The summed E-state index contributed by atoms with van der Waals surface area (Å²) in [5, 5.41) is 9.14. The number of aromatic nitrogens is 3. The molecule has 5 aromatic rings. The van der Waals surface area contributed by atoms with Crippen LogP contribution in [0.5, 0.6) is 0 Å². The van der Waals surface area contributed by atoms with Gasteiger partial charge in [-0.3, -0.25) is 19.4 Å². The first-order chi connectivity index (χ1) is 20.3. The predicted octanol–water partition coefficient (Wildman–Crippen LogP) is 4.34. The van der Waals surface area contributed by atoms with Gasteiger partial charge in [-0.15, -0.1) is 0 Å². The van der Waals surface area contributed by atoms with Gasteiger partial charge < -0.3 is 25.1 Å². The Bertz CT molecular complexity index is 1840. The minimum absolute atomic E-state index is 0.133. The lowest BCUT2D eigenvalue weighted by Crippen LogP contribution is -2.37. The van der Waals surface area contributed by atoms with Crippen LogP contribution in [0.4, 0.5) is 10.1 Å². The van der Waals surface area contributed by atoms with Crippen LogP contribution in [-0.4, -0.2) is 45.6 Å². The summed E-state index contributed by atoms with van der Waals surface area (Å²) < 4.78 is 17.2. The van der Waals surface area contributed by atoms with Gasteiger partial charge in [-0.25, -0.2) is 4.39 Å². The van der Waals surface area contributed by atoms with Crippen molar-refractivity contribution in [1.82, 2.24) is 24.8 Å². The van der Waals surface area contributed by atoms with E-state index in [9.17, 15) is 18.8 Å². The maximum Gasteiger partial charge on any atom is 0.275 e. The third-order valence-electron chi connectivity index (χ3n) is 7.07. The highest BCUT2D eigenvalue weighted by Gasteiger charge is 2.17. The molecule has 3 N–H and O–H groups in total. The Morgan fingerprint density at radius 2 is 1.86 bits per heavy atom. The number of anilines is 1. The van der Waals surface area contributed by atoms with Crippen LogP contribution in [0.2, 0.25) is 0 Å². The number of hydrogen-bond acceptors (Lipinski definition) is 5. The smallest absolute Gasteiger partial charge is 0.275 e. The fourth-order valence-corrected chi connectivity index (χ4v) is 4.75. The van der Waals surface area contributed by atoms with Crippen molar-refractivity contribution in [2.45, 2.75) is 26.4 Å². The molecule has 0 spiro atoms. The lowest BCUT2D eigenvalue weighted by molar-refractivity contribution is -0.117. The summed E-state index contributed by atoms with van der Waals surface area (Å²) in [5.74, 6) is -0.869. The Morgan fingerprint density at radius 1 is 1.02 bits per heavy atom. The van der Waals surface area contributed by atoms with Gasteiger partial charge in [0, 0.05) is 29.9 Å². The van der Waals surface area contributed by atoms with Gasteiger partial charge in [0.2, 0.25) is 5.91 Å². The largest absolute Gasteiger partial charge is 0.352 e. The summed E-state index contributed by atoms with van der Waals surface area (Å²) in [6.45, 7) is 4.17. The van der Waals surface area contributed by atoms with Crippen LogP contribution in [0.25, 0.3) is 27.8 Å². The van der Waals surface area contributed by atoms with Crippen molar-refractivity contribution in [2.75, 3.05) is 18.9 Å². The van der Waals surface area contributed by atoms with Gasteiger partial charge in [-0.05, 0) is 86.6 Å². The average molecular weight is 567 g/mol. The second kappa shape index (κ2) is 12.2. The second-order valence-corrected chi connectivity index (χ2v) is 9.90. The van der Waals surface area contributed by atoms with Gasteiger partial charge in [-0.2, -0.15) is 0 Å². The number of nitrogens with one attached hydrogen (secondary N) is 3. The number of pyridine rings is 2. The van der Waals surface area contributed by atoms with Gasteiger partial charge in [0.15, 0.2) is 0 Å². The highest BCUT2D eigenvalue weighted by atomic mass is 19.1. The number of nitrogens with zero attached hydrogens (tertiary/aromatic N) is 3. The molecule has 0 aliphatic heterocycles. The summed E-state index contributed by atoms with van der Waals surface area (Å²) in [6.07, 6.45) is 5.21. The van der Waals surface area contributed by atoms with Crippen LogP contribution in [0.3, 0.4) is 0 Å². The summed E-state index contributed by atoms with van der Waals surface area (Å²) in [7, 11) is 1.66. The van der Waals surface area contributed by atoms with Gasteiger partial charge >= 0.3 is 0 Å². The molecule has 0 unspecified atom stereocenters. The van der Waals surface area contributed by atoms with Crippen molar-refractivity contribution >= 4 is 28.4 Å². The van der Waals surface area contributed by atoms with Gasteiger partial charge in [0.1, 0.15) is 11.5 Å². The van der Waals surface area contributed by atoms with E-state index in [1.54, 1.807) is 67.3 Å². The molecule has 0 saturated heterocycles. The Morgan fingerprint density at radius 3 is 2.64 bits per heavy atom. The van der Waals surface area contributed by atoms with Gasteiger partial charge in [0.25, 0.3) is 11.5 Å². The molecule has 0 aliphatic rings. The summed E-state index contributed by atoms with van der Waals surface area (Å²) in [4.78, 5) is 43.4. The van der Waals surface area contributed by atoms with E-state index >= 15 is 0 Å². The number of fused-ring (bicyclic) bond motifs is 1. The molecule has 3 heterocycles. The van der Waals surface area contributed by atoms with Crippen LogP contribution >= 0.6 is 0 Å². The molecule has 42 heavy (non-hydrogen) atoms. The molecule has 0 radical (unpaired) electrons. The standard InChI is InChI=1S/C32H31FN6O3/c1-4-36-31(41)24-7-5-6-22(15-24)29-11-9-27(37-30(40)20(2)34-3)32(42)39(29)19-21-14-26(18-35-17-21)38-13-12-23-16-25(33)8-10-28(23)38/h5-18,20,34H,4,19H2,1-3H3,(H,36,41)(H,37,40)/t20-/m0/s1. The number of hydrogen-bond donors (Lipinski definition) is 3. The van der Waals surface area contributed by atoms with Gasteiger partial charge in [-0.1, -0.05) is 12.1 Å². The molecule has 1 atom stereocenters. The maximum atomic E-state index is 13.8. The number of benzene rings is 2. The third-order valence-corrected chi connectivity index (χ3v) is 7.07. The summed E-state index contributed by atoms with van der Waals surface area (Å²) >= 11 is 0. The fraction of sp³-hybridized carbons (Fsp3) is 0.188. The zero-order valence-corrected chi connectivity index (χ0v) is 23.5. The molecule has 0 saturated carbocycles. The van der Waals surface area contributed by atoms with Crippen LogP contribution in [0.15, 0.2) is 90.1 Å². The normalized spacial score (nSPS) is 11.8. The molecule has 0 fully saturated rings. The van der Waals surface area contributed by atoms with Gasteiger partial charge in [0.05, 0.1) is 35.7 Å². The highest BCUT2D eigenvalue weighted by Crippen LogP contribution is 2.24. The monoisotopic (exact) mass is 566 g/mol. The van der Waals surface area contributed by atoms with E-state index in [1.807, 2.05) is 35.9 Å². The third kappa shape index (κ3) is 5.84. The molecule has 3 aromatic heterocycles. The molecule has 214 valence electrons. The van der Waals surface area contributed by atoms with Crippen LogP contribution < -0.4 is 21.5 Å². The second-order valence-electron chi connectivity index (χ2n) is 9.90. The average Bonchev–Trinajstić information content (AvgIpc) is 3.42. The first-order valence-electron chi connectivity index (χ1n) is 13.6. The van der Waals surface area contributed by atoms with Crippen LogP contribution in [0.1, 0.15) is 29.8 Å². The number of rotatable bonds is 9. The molecule has 2 amide bonds. The minimum atomic E-state index is -0.503. The van der Waals surface area contributed by atoms with Crippen molar-refractivity contribution in [1.29, 1.82) is 0 Å². The zero-order chi connectivity index (χ0) is 29.8. The molecule has 5 rings (SSSR count). The van der Waals surface area contributed by atoms with Crippen molar-refractivity contribution in [2.24, 2.45) is 0 Å². The molecular formula is C32H31FN6O3. The van der Waals surface area contributed by atoms with E-state index < -0.39 is 11.6 Å². The van der Waals surface area contributed by atoms with E-state index in [4.69, 9.17) is 0 Å². The molecule has 0 bridgehead atoms. The summed E-state index contributed by atoms with van der Waals surface area (Å²) in [5.41, 5.74) is 3.72. The van der Waals surface area contributed by atoms with Crippen LogP contribution in [-0.2, 0) is 11.3 Å². The maximum absolute atomic E-state index is 13.8. The molecule has 9 nitrogen and oxygen atoms in total. The van der Waals surface area contributed by atoms with Crippen molar-refractivity contribution < 1.29 is 14.0 Å². The SMILES string of the molecule is CCNC(=O)c1cccc(-c2ccc(NC(=O)[C@H](C)NC)c(=O)n2Cc2cncc(-n3ccc4cc(F)ccc43)c2)c1. The Kier molecular flexibility index (Phi) is 8.26. The highest BCUT2D eigenvalue weighted by molar-refractivity contribution is 5.96. The topological polar surface area (TPSA) is 110 Å². The Balaban J connectivity index is 1.58. The minimum Gasteiger partial charge on any atom is -0.352 e.